The van der Waals surface area contributed by atoms with Gasteiger partial charge in [-0.25, -0.2) is 0 Å². The van der Waals surface area contributed by atoms with Crippen LogP contribution in [0.4, 0.5) is 0 Å². The van der Waals surface area contributed by atoms with E-state index in [2.05, 4.69) is 10.3 Å². The summed E-state index contributed by atoms with van der Waals surface area (Å²) >= 11 is 0. The van der Waals surface area contributed by atoms with Gasteiger partial charge in [0.1, 0.15) is 24.7 Å². The number of rotatable bonds is 11. The number of ketones is 2. The third-order valence-corrected chi connectivity index (χ3v) is 5.97. The van der Waals surface area contributed by atoms with Crippen molar-refractivity contribution in [2.45, 2.75) is 92.9 Å². The zero-order valence-electron chi connectivity index (χ0n) is 21.5. The second-order valence-electron chi connectivity index (χ2n) is 10.6. The molecule has 190 valence electrons. The number of nitrogens with zero attached hydrogens (tertiary/aromatic N) is 2. The molecular formula is C26H40N2O6. The lowest BCUT2D eigenvalue weighted by Crippen LogP contribution is -2.30. The fourth-order valence-corrected chi connectivity index (χ4v) is 4.53. The molecule has 2 rings (SSSR count). The maximum Gasteiger partial charge on any atom is 0.168 e. The van der Waals surface area contributed by atoms with Gasteiger partial charge in [-0.2, -0.15) is 0 Å². The summed E-state index contributed by atoms with van der Waals surface area (Å²) in [6.45, 7) is 12.1. The normalized spacial score (nSPS) is 21.2. The number of aliphatic hydroxyl groups is 2. The number of unbranched alkanes of at least 4 members (excludes halogenated alkanes) is 1. The number of allylic oxidation sites excluding steroid dienone is 4. The molecule has 0 aromatic carbocycles. The number of carbonyl (C=O) groups excluding carboxylic acids is 2. The van der Waals surface area contributed by atoms with Crippen molar-refractivity contribution >= 4 is 23.0 Å². The summed E-state index contributed by atoms with van der Waals surface area (Å²) < 4.78 is 0. The van der Waals surface area contributed by atoms with Crippen LogP contribution in [-0.4, -0.2) is 46.4 Å². The van der Waals surface area contributed by atoms with Crippen molar-refractivity contribution in [1.29, 1.82) is 0 Å². The second kappa shape index (κ2) is 11.7. The highest BCUT2D eigenvalue weighted by Crippen LogP contribution is 2.38. The number of hydrogen-bond acceptors (Lipinski definition) is 8. The smallest absolute Gasteiger partial charge is 0.168 e. The molecule has 0 saturated heterocycles. The topological polar surface area (TPSA) is 118 Å². The van der Waals surface area contributed by atoms with Crippen molar-refractivity contribution in [2.24, 2.45) is 21.1 Å². The first-order valence-corrected chi connectivity index (χ1v) is 12.2. The van der Waals surface area contributed by atoms with Crippen molar-refractivity contribution in [2.75, 3.05) is 13.2 Å². The van der Waals surface area contributed by atoms with E-state index in [1.807, 2.05) is 27.7 Å². The Bertz CT molecular complexity index is 834. The van der Waals surface area contributed by atoms with Crippen molar-refractivity contribution < 1.29 is 29.5 Å². The molecule has 0 heterocycles. The highest BCUT2D eigenvalue weighted by molar-refractivity contribution is 6.24. The van der Waals surface area contributed by atoms with Gasteiger partial charge in [-0.15, -0.1) is 0 Å². The molecule has 0 aromatic heterocycles. The molecule has 0 saturated carbocycles. The molecule has 2 aliphatic carbocycles. The van der Waals surface area contributed by atoms with Gasteiger partial charge >= 0.3 is 0 Å². The van der Waals surface area contributed by atoms with E-state index in [1.54, 1.807) is 13.8 Å². The molecule has 0 radical (unpaired) electrons. The van der Waals surface area contributed by atoms with Gasteiger partial charge in [0, 0.05) is 25.7 Å². The fourth-order valence-electron chi connectivity index (χ4n) is 4.53. The quantitative estimate of drug-likeness (QED) is 0.223. The fraction of sp³-hybridized carbons (Fsp3) is 0.692. The van der Waals surface area contributed by atoms with Crippen LogP contribution in [0.15, 0.2) is 33.0 Å². The predicted octanol–water partition coefficient (Wildman–Crippen LogP) is 5.73. The van der Waals surface area contributed by atoms with Crippen LogP contribution in [0.2, 0.25) is 0 Å². The zero-order valence-corrected chi connectivity index (χ0v) is 21.5. The molecule has 2 N–H and O–H groups in total. The number of Topliss-reactive ketones (excluding diaryl/α,β-unsaturated/α-hetero) is 2. The van der Waals surface area contributed by atoms with Gasteiger partial charge in [0.25, 0.3) is 0 Å². The number of carbonyl (C=O) groups is 2. The summed E-state index contributed by atoms with van der Waals surface area (Å²) in [6, 6.07) is 0. The maximum atomic E-state index is 12.8. The van der Waals surface area contributed by atoms with Crippen LogP contribution in [0.1, 0.15) is 92.9 Å². The number of aliphatic hydroxyl groups excluding tert-OH is 2. The van der Waals surface area contributed by atoms with Crippen LogP contribution in [0.25, 0.3) is 0 Å². The highest BCUT2D eigenvalue weighted by Gasteiger charge is 2.36. The molecule has 34 heavy (non-hydrogen) atoms. The lowest BCUT2D eigenvalue weighted by atomic mass is 9.75. The van der Waals surface area contributed by atoms with Crippen LogP contribution in [0.3, 0.4) is 0 Å². The third kappa shape index (κ3) is 7.43. The standard InChI is InChI=1S/C26H40N2O6/c1-7-33-27-17(23-19(29)13-25(3,4)14-20(23)30)11-9-10-12-18(28-34-8-2)24-21(31)15-26(5,6)16-22(24)32/h29,31H,7-16H2,1-6H3. The molecule has 2 aliphatic rings. The van der Waals surface area contributed by atoms with Gasteiger partial charge < -0.3 is 19.9 Å². The van der Waals surface area contributed by atoms with Crippen molar-refractivity contribution in [3.8, 4) is 0 Å². The molecule has 0 spiro atoms. The van der Waals surface area contributed by atoms with Gasteiger partial charge in [0.15, 0.2) is 11.6 Å². The summed E-state index contributed by atoms with van der Waals surface area (Å²) in [5.41, 5.74) is 0.842. The van der Waals surface area contributed by atoms with Crippen molar-refractivity contribution in [3.05, 3.63) is 22.7 Å². The van der Waals surface area contributed by atoms with E-state index < -0.39 is 0 Å². The largest absolute Gasteiger partial charge is 0.511 e. The molecule has 0 fully saturated rings. The van der Waals surface area contributed by atoms with Crippen molar-refractivity contribution in [1.82, 2.24) is 0 Å². The monoisotopic (exact) mass is 476 g/mol. The lowest BCUT2D eigenvalue weighted by molar-refractivity contribution is -0.118. The Hall–Kier alpha value is -2.64. The summed E-state index contributed by atoms with van der Waals surface area (Å²) in [6.07, 6.45) is 3.62. The molecule has 0 amide bonds. The minimum absolute atomic E-state index is 0.0591. The average molecular weight is 477 g/mol. The Morgan fingerprint density at radius 1 is 0.735 bits per heavy atom. The van der Waals surface area contributed by atoms with Crippen LogP contribution >= 0.6 is 0 Å². The van der Waals surface area contributed by atoms with Gasteiger partial charge in [-0.3, -0.25) is 9.59 Å². The average Bonchev–Trinajstić information content (AvgIpc) is 2.69. The van der Waals surface area contributed by atoms with Crippen LogP contribution in [-0.2, 0) is 19.3 Å². The van der Waals surface area contributed by atoms with Gasteiger partial charge in [-0.05, 0) is 50.4 Å². The Kier molecular flexibility index (Phi) is 9.47. The summed E-state index contributed by atoms with van der Waals surface area (Å²) in [4.78, 5) is 36.0. The summed E-state index contributed by atoms with van der Waals surface area (Å²) in [7, 11) is 0. The highest BCUT2D eigenvalue weighted by atomic mass is 16.6. The number of hydrogen-bond donors (Lipinski definition) is 2. The Morgan fingerprint density at radius 3 is 1.38 bits per heavy atom. The molecule has 8 heteroatoms. The van der Waals surface area contributed by atoms with E-state index in [4.69, 9.17) is 9.68 Å². The molecule has 8 nitrogen and oxygen atoms in total. The summed E-state index contributed by atoms with van der Waals surface area (Å²) in [5.74, 6) is -0.139. The molecule has 0 aliphatic heterocycles. The van der Waals surface area contributed by atoms with E-state index in [-0.39, 0.29) is 45.1 Å². The van der Waals surface area contributed by atoms with E-state index in [0.717, 1.165) is 0 Å². The first kappa shape index (κ1) is 27.6. The van der Waals surface area contributed by atoms with Crippen molar-refractivity contribution in [3.63, 3.8) is 0 Å². The third-order valence-electron chi connectivity index (χ3n) is 5.97. The van der Waals surface area contributed by atoms with Gasteiger partial charge in [0.05, 0.1) is 22.6 Å². The first-order valence-electron chi connectivity index (χ1n) is 12.2. The SMILES string of the molecule is CCON=C(CCCCC(=NOCC)C1=C(O)CC(C)(C)CC1=O)C1=C(O)CC(C)(C)CC1=O. The van der Waals surface area contributed by atoms with Crippen LogP contribution < -0.4 is 0 Å². The van der Waals surface area contributed by atoms with Gasteiger partial charge in [-0.1, -0.05) is 38.0 Å². The van der Waals surface area contributed by atoms with E-state index >= 15 is 0 Å². The molecule has 0 bridgehead atoms. The maximum absolute atomic E-state index is 12.8. The van der Waals surface area contributed by atoms with Gasteiger partial charge in [0.2, 0.25) is 0 Å². The molecule has 0 atom stereocenters. The van der Waals surface area contributed by atoms with Crippen LogP contribution in [0.5, 0.6) is 0 Å². The minimum atomic E-state index is -0.289. The molecular weight excluding hydrogens is 436 g/mol. The first-order chi connectivity index (χ1) is 15.9. The zero-order chi connectivity index (χ0) is 25.5. The predicted molar refractivity (Wildman–Crippen MR) is 132 cm³/mol. The summed E-state index contributed by atoms with van der Waals surface area (Å²) in [5, 5.41) is 29.4. The Morgan fingerprint density at radius 2 is 1.09 bits per heavy atom. The lowest BCUT2D eigenvalue weighted by Gasteiger charge is -2.30. The van der Waals surface area contributed by atoms with E-state index in [0.29, 0.717) is 76.0 Å². The van der Waals surface area contributed by atoms with E-state index in [1.165, 1.54) is 0 Å². The van der Waals surface area contributed by atoms with E-state index in [9.17, 15) is 19.8 Å². The number of oxime groups is 2. The molecule has 0 aromatic rings. The van der Waals surface area contributed by atoms with Crippen LogP contribution in [0, 0.1) is 10.8 Å². The Labute approximate surface area is 202 Å². The Balaban J connectivity index is 2.14. The minimum Gasteiger partial charge on any atom is -0.511 e. The molecule has 0 unspecified atom stereocenters. The second-order valence-corrected chi connectivity index (χ2v) is 10.6.